The zero-order chi connectivity index (χ0) is 13.6. The predicted molar refractivity (Wildman–Crippen MR) is 75.3 cm³/mol. The topological polar surface area (TPSA) is 54.4 Å². The average molecular weight is 276 g/mol. The Balaban J connectivity index is 2.25. The maximum absolute atomic E-state index is 11.1. The Bertz CT molecular complexity index is 316. The number of hydrogen-bond acceptors (Lipinski definition) is 3. The molecule has 0 heterocycles. The second-order valence-corrected chi connectivity index (χ2v) is 8.17. The van der Waals surface area contributed by atoms with Crippen LogP contribution in [0.2, 0.25) is 0 Å². The molecule has 1 aliphatic rings. The number of unbranched alkanes of at least 4 members (excludes halogenated alkanes) is 1. The molecule has 18 heavy (non-hydrogen) atoms. The van der Waals surface area contributed by atoms with E-state index in [4.69, 9.17) is 0 Å². The molecule has 1 rings (SSSR count). The zero-order valence-electron chi connectivity index (χ0n) is 11.8. The van der Waals surface area contributed by atoms with Crippen molar-refractivity contribution in [1.82, 2.24) is 0 Å². The fraction of sp³-hybridized carbons (Fsp3) is 1.00. The standard InChI is InChI=1S/C14H28O3S/c1-3-4-5-12-6-8-13(9-7-12)14(15)10-11-18(2,16)17/h12-15H,3-11H2,1-2H3. The molecule has 0 saturated heterocycles. The third-order valence-electron chi connectivity index (χ3n) is 4.19. The van der Waals surface area contributed by atoms with Gasteiger partial charge >= 0.3 is 0 Å². The van der Waals surface area contributed by atoms with Gasteiger partial charge in [0.2, 0.25) is 0 Å². The van der Waals surface area contributed by atoms with Crippen LogP contribution in [0.3, 0.4) is 0 Å². The normalized spacial score (nSPS) is 27.1. The van der Waals surface area contributed by atoms with E-state index in [1.807, 2.05) is 0 Å². The Labute approximate surface area is 112 Å². The highest BCUT2D eigenvalue weighted by atomic mass is 32.2. The number of aliphatic hydroxyl groups is 1. The number of hydrogen-bond donors (Lipinski definition) is 1. The highest BCUT2D eigenvalue weighted by Gasteiger charge is 2.26. The first-order valence-corrected chi connectivity index (χ1v) is 9.34. The Kier molecular flexibility index (Phi) is 6.64. The molecule has 1 saturated carbocycles. The number of sulfone groups is 1. The molecule has 0 spiro atoms. The minimum absolute atomic E-state index is 0.115. The minimum atomic E-state index is -2.94. The van der Waals surface area contributed by atoms with E-state index in [1.54, 1.807) is 0 Å². The summed E-state index contributed by atoms with van der Waals surface area (Å²) in [5.41, 5.74) is 0. The molecular formula is C14H28O3S. The summed E-state index contributed by atoms with van der Waals surface area (Å²) in [6.07, 6.45) is 9.67. The summed E-state index contributed by atoms with van der Waals surface area (Å²) in [5.74, 6) is 1.28. The molecule has 0 amide bonds. The van der Waals surface area contributed by atoms with Gasteiger partial charge in [-0.2, -0.15) is 0 Å². The van der Waals surface area contributed by atoms with E-state index in [1.165, 1.54) is 38.4 Å². The molecule has 0 aromatic rings. The van der Waals surface area contributed by atoms with Crippen molar-refractivity contribution in [1.29, 1.82) is 0 Å². The largest absolute Gasteiger partial charge is 0.393 e. The first kappa shape index (κ1) is 16.0. The van der Waals surface area contributed by atoms with E-state index in [0.29, 0.717) is 12.3 Å². The van der Waals surface area contributed by atoms with Crippen molar-refractivity contribution in [2.75, 3.05) is 12.0 Å². The third kappa shape index (κ3) is 6.19. The Morgan fingerprint density at radius 1 is 1.22 bits per heavy atom. The van der Waals surface area contributed by atoms with Crippen molar-refractivity contribution in [2.24, 2.45) is 11.8 Å². The minimum Gasteiger partial charge on any atom is -0.393 e. The molecule has 1 fully saturated rings. The van der Waals surface area contributed by atoms with E-state index in [0.717, 1.165) is 18.8 Å². The van der Waals surface area contributed by atoms with E-state index in [9.17, 15) is 13.5 Å². The van der Waals surface area contributed by atoms with Crippen molar-refractivity contribution in [3.8, 4) is 0 Å². The van der Waals surface area contributed by atoms with E-state index in [2.05, 4.69) is 6.92 Å². The Hall–Kier alpha value is -0.0900. The molecule has 0 aliphatic heterocycles. The van der Waals surface area contributed by atoms with Crippen molar-refractivity contribution < 1.29 is 13.5 Å². The smallest absolute Gasteiger partial charge is 0.147 e. The van der Waals surface area contributed by atoms with E-state index >= 15 is 0 Å². The summed E-state index contributed by atoms with van der Waals surface area (Å²) in [5, 5.41) is 10.0. The van der Waals surface area contributed by atoms with Crippen LogP contribution in [0.25, 0.3) is 0 Å². The van der Waals surface area contributed by atoms with Crippen molar-refractivity contribution in [3.05, 3.63) is 0 Å². The molecule has 0 radical (unpaired) electrons. The van der Waals surface area contributed by atoms with Crippen LogP contribution in [-0.2, 0) is 9.84 Å². The highest BCUT2D eigenvalue weighted by Crippen LogP contribution is 2.34. The van der Waals surface area contributed by atoms with Gasteiger partial charge in [-0.1, -0.05) is 39.0 Å². The summed E-state index contributed by atoms with van der Waals surface area (Å²) >= 11 is 0. The van der Waals surface area contributed by atoms with Crippen LogP contribution in [0.5, 0.6) is 0 Å². The average Bonchev–Trinajstić information content (AvgIpc) is 2.33. The summed E-state index contributed by atoms with van der Waals surface area (Å²) in [6.45, 7) is 2.22. The Morgan fingerprint density at radius 2 is 1.83 bits per heavy atom. The SMILES string of the molecule is CCCCC1CCC(C(O)CCS(C)(=O)=O)CC1. The fourth-order valence-electron chi connectivity index (χ4n) is 2.93. The molecule has 1 aliphatic carbocycles. The van der Waals surface area contributed by atoms with Gasteiger partial charge in [-0.05, 0) is 31.1 Å². The van der Waals surface area contributed by atoms with Gasteiger partial charge in [-0.15, -0.1) is 0 Å². The zero-order valence-corrected chi connectivity index (χ0v) is 12.6. The molecular weight excluding hydrogens is 248 g/mol. The fourth-order valence-corrected chi connectivity index (χ4v) is 3.59. The van der Waals surface area contributed by atoms with Gasteiger partial charge in [0.25, 0.3) is 0 Å². The molecule has 4 heteroatoms. The Morgan fingerprint density at radius 3 is 2.33 bits per heavy atom. The second kappa shape index (κ2) is 7.49. The van der Waals surface area contributed by atoms with Gasteiger partial charge in [0.15, 0.2) is 0 Å². The van der Waals surface area contributed by atoms with Gasteiger partial charge in [-0.3, -0.25) is 0 Å². The van der Waals surface area contributed by atoms with Crippen LogP contribution >= 0.6 is 0 Å². The summed E-state index contributed by atoms with van der Waals surface area (Å²) < 4.78 is 22.2. The van der Waals surface area contributed by atoms with Crippen molar-refractivity contribution >= 4 is 9.84 Å². The lowest BCUT2D eigenvalue weighted by molar-refractivity contribution is 0.0700. The number of aliphatic hydroxyl groups excluding tert-OH is 1. The third-order valence-corrected chi connectivity index (χ3v) is 5.16. The quantitative estimate of drug-likeness (QED) is 0.778. The van der Waals surface area contributed by atoms with Crippen LogP contribution in [0, 0.1) is 11.8 Å². The summed E-state index contributed by atoms with van der Waals surface area (Å²) in [4.78, 5) is 0. The van der Waals surface area contributed by atoms with Gasteiger partial charge in [0, 0.05) is 6.26 Å². The molecule has 108 valence electrons. The van der Waals surface area contributed by atoms with Crippen LogP contribution in [0.1, 0.15) is 58.3 Å². The maximum atomic E-state index is 11.1. The second-order valence-electron chi connectivity index (χ2n) is 5.91. The maximum Gasteiger partial charge on any atom is 0.147 e. The van der Waals surface area contributed by atoms with Crippen molar-refractivity contribution in [3.63, 3.8) is 0 Å². The molecule has 0 aromatic carbocycles. The van der Waals surface area contributed by atoms with Crippen LogP contribution in [-0.4, -0.2) is 31.6 Å². The van der Waals surface area contributed by atoms with Crippen molar-refractivity contribution in [2.45, 2.75) is 64.4 Å². The lowest BCUT2D eigenvalue weighted by Crippen LogP contribution is -2.27. The van der Waals surface area contributed by atoms with Gasteiger partial charge < -0.3 is 5.11 Å². The van der Waals surface area contributed by atoms with E-state index in [-0.39, 0.29) is 5.75 Å². The van der Waals surface area contributed by atoms with Gasteiger partial charge in [0.1, 0.15) is 9.84 Å². The molecule has 1 N–H and O–H groups in total. The molecule has 1 atom stereocenters. The van der Waals surface area contributed by atoms with Crippen LogP contribution in [0.4, 0.5) is 0 Å². The summed E-state index contributed by atoms with van der Waals surface area (Å²) in [7, 11) is -2.94. The lowest BCUT2D eigenvalue weighted by Gasteiger charge is -2.31. The molecule has 0 bridgehead atoms. The first-order valence-electron chi connectivity index (χ1n) is 7.28. The summed E-state index contributed by atoms with van der Waals surface area (Å²) in [6, 6.07) is 0. The highest BCUT2D eigenvalue weighted by molar-refractivity contribution is 7.90. The lowest BCUT2D eigenvalue weighted by atomic mass is 9.77. The van der Waals surface area contributed by atoms with Crippen LogP contribution < -0.4 is 0 Å². The van der Waals surface area contributed by atoms with E-state index < -0.39 is 15.9 Å². The van der Waals surface area contributed by atoms with Gasteiger partial charge in [0.05, 0.1) is 11.9 Å². The first-order chi connectivity index (χ1) is 8.42. The number of rotatable bonds is 7. The molecule has 3 nitrogen and oxygen atoms in total. The monoisotopic (exact) mass is 276 g/mol. The molecule has 1 unspecified atom stereocenters. The predicted octanol–water partition coefficient (Wildman–Crippen LogP) is 2.78. The molecule has 0 aromatic heterocycles. The van der Waals surface area contributed by atoms with Crippen LogP contribution in [0.15, 0.2) is 0 Å². The van der Waals surface area contributed by atoms with Gasteiger partial charge in [-0.25, -0.2) is 8.42 Å².